The number of methoxy groups -OCH3 is 1. The van der Waals surface area contributed by atoms with E-state index in [0.717, 1.165) is 69.0 Å². The van der Waals surface area contributed by atoms with E-state index in [1.165, 1.54) is 23.1 Å². The molecule has 22 heavy (non-hydrogen) atoms. The molecule has 3 aliphatic rings. The number of ether oxygens (including phenoxy) is 3. The van der Waals surface area contributed by atoms with Gasteiger partial charge in [0.15, 0.2) is 11.5 Å². The topological polar surface area (TPSA) is 53.7 Å². The molecule has 0 bridgehead atoms. The van der Waals surface area contributed by atoms with Gasteiger partial charge in [0.05, 0.1) is 20.3 Å². The summed E-state index contributed by atoms with van der Waals surface area (Å²) in [6.45, 7) is 2.27. The maximum atomic E-state index is 6.21. The summed E-state index contributed by atoms with van der Waals surface area (Å²) in [6.07, 6.45) is 7.73. The molecule has 0 spiro atoms. The van der Waals surface area contributed by atoms with Crippen molar-refractivity contribution < 1.29 is 14.2 Å². The Morgan fingerprint density at radius 2 is 1.68 bits per heavy atom. The SMILES string of the molecule is COc1c2c(c(C3(CN)CCC3)c3c1OCCC3)OCCC2. The van der Waals surface area contributed by atoms with Gasteiger partial charge in [-0.1, -0.05) is 6.42 Å². The Hall–Kier alpha value is -1.42. The van der Waals surface area contributed by atoms with Crippen LogP contribution < -0.4 is 19.9 Å². The summed E-state index contributed by atoms with van der Waals surface area (Å²) in [6, 6.07) is 0. The lowest BCUT2D eigenvalue weighted by Gasteiger charge is -2.45. The van der Waals surface area contributed by atoms with Crippen LogP contribution in [0.2, 0.25) is 0 Å². The summed E-state index contributed by atoms with van der Waals surface area (Å²) >= 11 is 0. The fourth-order valence-electron chi connectivity index (χ4n) is 4.34. The lowest BCUT2D eigenvalue weighted by atomic mass is 9.62. The van der Waals surface area contributed by atoms with Crippen LogP contribution in [0.5, 0.6) is 17.2 Å². The molecular weight excluding hydrogens is 278 g/mol. The molecule has 0 saturated heterocycles. The summed E-state index contributed by atoms with van der Waals surface area (Å²) in [4.78, 5) is 0. The minimum absolute atomic E-state index is 0.0957. The number of hydrogen-bond acceptors (Lipinski definition) is 4. The van der Waals surface area contributed by atoms with Gasteiger partial charge in [-0.05, 0) is 38.5 Å². The Morgan fingerprint density at radius 1 is 1.00 bits per heavy atom. The van der Waals surface area contributed by atoms with Crippen molar-refractivity contribution in [3.8, 4) is 17.2 Å². The molecule has 0 aromatic heterocycles. The molecule has 120 valence electrons. The van der Waals surface area contributed by atoms with Gasteiger partial charge in [0.25, 0.3) is 0 Å². The van der Waals surface area contributed by atoms with Crippen molar-refractivity contribution in [3.63, 3.8) is 0 Å². The van der Waals surface area contributed by atoms with Crippen LogP contribution in [-0.2, 0) is 18.3 Å². The van der Waals surface area contributed by atoms with Crippen LogP contribution in [0.1, 0.15) is 48.8 Å². The normalized spacial score (nSPS) is 21.7. The van der Waals surface area contributed by atoms with E-state index in [4.69, 9.17) is 19.9 Å². The van der Waals surface area contributed by atoms with Gasteiger partial charge >= 0.3 is 0 Å². The lowest BCUT2D eigenvalue weighted by Crippen LogP contribution is -2.43. The average Bonchev–Trinajstić information content (AvgIpc) is 2.53. The predicted molar refractivity (Wildman–Crippen MR) is 85.2 cm³/mol. The standard InChI is InChI=1S/C18H25NO3/c1-20-16-13-6-3-9-21-15(13)14(18(11-19)7-4-8-18)12-5-2-10-22-17(12)16/h2-11,19H2,1H3. The van der Waals surface area contributed by atoms with Gasteiger partial charge in [0, 0.05) is 28.7 Å². The summed E-state index contributed by atoms with van der Waals surface area (Å²) in [5.74, 6) is 2.94. The zero-order valence-corrected chi connectivity index (χ0v) is 13.4. The molecule has 0 unspecified atom stereocenters. The van der Waals surface area contributed by atoms with Gasteiger partial charge in [-0.3, -0.25) is 0 Å². The highest BCUT2D eigenvalue weighted by Crippen LogP contribution is 2.56. The van der Waals surface area contributed by atoms with Crippen LogP contribution in [0.15, 0.2) is 0 Å². The second-order valence-corrected chi connectivity index (χ2v) is 6.77. The molecule has 0 atom stereocenters. The van der Waals surface area contributed by atoms with E-state index in [1.54, 1.807) is 7.11 Å². The largest absolute Gasteiger partial charge is 0.493 e. The average molecular weight is 303 g/mol. The monoisotopic (exact) mass is 303 g/mol. The fourth-order valence-corrected chi connectivity index (χ4v) is 4.34. The van der Waals surface area contributed by atoms with Crippen LogP contribution in [0.3, 0.4) is 0 Å². The molecule has 2 aliphatic heterocycles. The maximum absolute atomic E-state index is 6.21. The van der Waals surface area contributed by atoms with Crippen LogP contribution in [0.25, 0.3) is 0 Å². The third-order valence-corrected chi connectivity index (χ3v) is 5.63. The van der Waals surface area contributed by atoms with Crippen molar-refractivity contribution >= 4 is 0 Å². The molecule has 0 radical (unpaired) electrons. The van der Waals surface area contributed by atoms with Gasteiger partial charge in [-0.15, -0.1) is 0 Å². The van der Waals surface area contributed by atoms with Crippen LogP contribution >= 0.6 is 0 Å². The van der Waals surface area contributed by atoms with Gasteiger partial charge in [0.2, 0.25) is 0 Å². The lowest BCUT2D eigenvalue weighted by molar-refractivity contribution is 0.211. The summed E-state index contributed by atoms with van der Waals surface area (Å²) in [5.41, 5.74) is 10.2. The number of rotatable bonds is 3. The number of nitrogens with two attached hydrogens (primary N) is 1. The van der Waals surface area contributed by atoms with Crippen molar-refractivity contribution in [2.45, 2.75) is 50.4 Å². The first kappa shape index (κ1) is 14.2. The molecule has 2 N–H and O–H groups in total. The first-order valence-corrected chi connectivity index (χ1v) is 8.52. The second kappa shape index (κ2) is 5.34. The molecule has 1 aromatic rings. The Labute approximate surface area is 131 Å². The highest BCUT2D eigenvalue weighted by Gasteiger charge is 2.44. The summed E-state index contributed by atoms with van der Waals surface area (Å²) in [5, 5.41) is 0. The van der Waals surface area contributed by atoms with E-state index in [-0.39, 0.29) is 5.41 Å². The Bertz CT molecular complexity index is 550. The minimum atomic E-state index is 0.0957. The molecule has 1 saturated carbocycles. The minimum Gasteiger partial charge on any atom is -0.493 e. The number of benzene rings is 1. The third-order valence-electron chi connectivity index (χ3n) is 5.63. The number of fused-ring (bicyclic) bond motifs is 2. The summed E-state index contributed by atoms with van der Waals surface area (Å²) in [7, 11) is 1.74. The number of hydrogen-bond donors (Lipinski definition) is 1. The van der Waals surface area contributed by atoms with Gasteiger partial charge in [-0.25, -0.2) is 0 Å². The van der Waals surface area contributed by atoms with E-state index in [0.29, 0.717) is 6.54 Å². The molecule has 4 nitrogen and oxygen atoms in total. The van der Waals surface area contributed by atoms with E-state index >= 15 is 0 Å². The third kappa shape index (κ3) is 1.86. The van der Waals surface area contributed by atoms with Crippen molar-refractivity contribution in [2.75, 3.05) is 26.9 Å². The van der Waals surface area contributed by atoms with E-state index < -0.39 is 0 Å². The Balaban J connectivity index is 1.99. The van der Waals surface area contributed by atoms with E-state index in [9.17, 15) is 0 Å². The first-order chi connectivity index (χ1) is 10.8. The van der Waals surface area contributed by atoms with E-state index in [1.807, 2.05) is 0 Å². The van der Waals surface area contributed by atoms with Crippen molar-refractivity contribution in [2.24, 2.45) is 5.73 Å². The quantitative estimate of drug-likeness (QED) is 0.933. The zero-order chi connectivity index (χ0) is 15.2. The Morgan fingerprint density at radius 3 is 2.27 bits per heavy atom. The maximum Gasteiger partial charge on any atom is 0.167 e. The Kier molecular flexibility index (Phi) is 3.44. The molecular formula is C18H25NO3. The fraction of sp³-hybridized carbons (Fsp3) is 0.667. The van der Waals surface area contributed by atoms with Crippen LogP contribution in [0, 0.1) is 0 Å². The summed E-state index contributed by atoms with van der Waals surface area (Å²) < 4.78 is 17.9. The van der Waals surface area contributed by atoms with Crippen molar-refractivity contribution in [1.29, 1.82) is 0 Å². The van der Waals surface area contributed by atoms with Gasteiger partial charge in [-0.2, -0.15) is 0 Å². The highest BCUT2D eigenvalue weighted by molar-refractivity contribution is 5.66. The molecule has 4 rings (SSSR count). The second-order valence-electron chi connectivity index (χ2n) is 6.77. The predicted octanol–water partition coefficient (Wildman–Crippen LogP) is 2.73. The van der Waals surface area contributed by atoms with Gasteiger partial charge < -0.3 is 19.9 Å². The molecule has 1 fully saturated rings. The van der Waals surface area contributed by atoms with Crippen LogP contribution in [-0.4, -0.2) is 26.9 Å². The molecule has 4 heteroatoms. The van der Waals surface area contributed by atoms with Crippen molar-refractivity contribution in [3.05, 3.63) is 16.7 Å². The molecule has 0 amide bonds. The molecule has 1 aromatic carbocycles. The zero-order valence-electron chi connectivity index (χ0n) is 13.4. The highest BCUT2D eigenvalue weighted by atomic mass is 16.5. The van der Waals surface area contributed by atoms with Crippen LogP contribution in [0.4, 0.5) is 0 Å². The molecule has 1 aliphatic carbocycles. The smallest absolute Gasteiger partial charge is 0.167 e. The van der Waals surface area contributed by atoms with Gasteiger partial charge in [0.1, 0.15) is 5.75 Å². The van der Waals surface area contributed by atoms with Crippen molar-refractivity contribution in [1.82, 2.24) is 0 Å². The first-order valence-electron chi connectivity index (χ1n) is 8.52. The molecule has 2 heterocycles. The van der Waals surface area contributed by atoms with E-state index in [2.05, 4.69) is 0 Å².